The fourth-order valence-electron chi connectivity index (χ4n) is 3.35. The van der Waals surface area contributed by atoms with E-state index in [-0.39, 0.29) is 5.60 Å². The first-order chi connectivity index (χ1) is 10.7. The van der Waals surface area contributed by atoms with E-state index in [1.807, 2.05) is 19.1 Å². The molecule has 0 N–H and O–H groups in total. The Bertz CT molecular complexity index is 502. The minimum Gasteiger partial charge on any atom is -0.465 e. The van der Waals surface area contributed by atoms with Crippen molar-refractivity contribution in [2.45, 2.75) is 19.1 Å². The van der Waals surface area contributed by atoms with Gasteiger partial charge in [0.25, 0.3) is 0 Å². The van der Waals surface area contributed by atoms with Crippen molar-refractivity contribution in [1.82, 2.24) is 9.80 Å². The second-order valence-electron chi connectivity index (χ2n) is 6.33. The van der Waals surface area contributed by atoms with Crippen molar-refractivity contribution in [3.63, 3.8) is 0 Å². The van der Waals surface area contributed by atoms with Crippen molar-refractivity contribution in [1.29, 1.82) is 0 Å². The molecule has 2 aliphatic rings. The fourth-order valence-corrected chi connectivity index (χ4v) is 3.35. The fraction of sp³-hybridized carbons (Fsp3) is 0.647. The van der Waals surface area contributed by atoms with Gasteiger partial charge in [-0.15, -0.1) is 6.58 Å². The summed E-state index contributed by atoms with van der Waals surface area (Å²) in [5.74, 6) is 1.99. The Kier molecular flexibility index (Phi) is 4.98. The van der Waals surface area contributed by atoms with Crippen molar-refractivity contribution < 1.29 is 13.9 Å². The summed E-state index contributed by atoms with van der Waals surface area (Å²) < 4.78 is 17.7. The van der Waals surface area contributed by atoms with Gasteiger partial charge in [0.2, 0.25) is 0 Å². The molecule has 0 radical (unpaired) electrons. The highest BCUT2D eigenvalue weighted by atomic mass is 16.5. The maximum absolute atomic E-state index is 6.16. The Balaban J connectivity index is 1.66. The number of rotatable bonds is 4. The van der Waals surface area contributed by atoms with Crippen molar-refractivity contribution >= 4 is 0 Å². The summed E-state index contributed by atoms with van der Waals surface area (Å²) in [4.78, 5) is 4.77. The molecule has 2 aliphatic heterocycles. The van der Waals surface area contributed by atoms with Crippen LogP contribution in [0.4, 0.5) is 0 Å². The van der Waals surface area contributed by atoms with Crippen LogP contribution < -0.4 is 0 Å². The van der Waals surface area contributed by atoms with E-state index in [0.29, 0.717) is 6.61 Å². The van der Waals surface area contributed by atoms with Gasteiger partial charge in [-0.3, -0.25) is 9.80 Å². The predicted octanol–water partition coefficient (Wildman–Crippen LogP) is 1.68. The summed E-state index contributed by atoms with van der Waals surface area (Å²) in [7, 11) is 0. The Morgan fingerprint density at radius 3 is 2.82 bits per heavy atom. The summed E-state index contributed by atoms with van der Waals surface area (Å²) in [6.07, 6.45) is 1.95. The maximum atomic E-state index is 6.16. The van der Waals surface area contributed by atoms with Gasteiger partial charge in [0, 0.05) is 32.7 Å². The van der Waals surface area contributed by atoms with E-state index in [0.717, 1.165) is 64.0 Å². The molecule has 1 atom stereocenters. The zero-order valence-corrected chi connectivity index (χ0v) is 13.4. The van der Waals surface area contributed by atoms with Gasteiger partial charge in [-0.2, -0.15) is 0 Å². The van der Waals surface area contributed by atoms with E-state index in [1.165, 1.54) is 0 Å². The van der Waals surface area contributed by atoms with Crippen LogP contribution in [-0.2, 0) is 16.0 Å². The monoisotopic (exact) mass is 306 g/mol. The predicted molar refractivity (Wildman–Crippen MR) is 84.9 cm³/mol. The van der Waals surface area contributed by atoms with Gasteiger partial charge in [0.15, 0.2) is 0 Å². The zero-order valence-electron chi connectivity index (χ0n) is 13.4. The molecule has 0 aromatic carbocycles. The molecule has 5 nitrogen and oxygen atoms in total. The average Bonchev–Trinajstić information content (AvgIpc) is 2.79. The van der Waals surface area contributed by atoms with Crippen LogP contribution >= 0.6 is 0 Å². The first-order valence-electron chi connectivity index (χ1n) is 8.02. The van der Waals surface area contributed by atoms with Crippen molar-refractivity contribution in [2.75, 3.05) is 52.5 Å². The van der Waals surface area contributed by atoms with Gasteiger partial charge in [-0.1, -0.05) is 6.08 Å². The van der Waals surface area contributed by atoms with Gasteiger partial charge in [0.05, 0.1) is 26.4 Å². The molecule has 1 aromatic heterocycles. The number of aryl methyl sites for hydroxylation is 1. The lowest BCUT2D eigenvalue weighted by molar-refractivity contribution is -0.143. The molecule has 0 bridgehead atoms. The van der Waals surface area contributed by atoms with E-state index >= 15 is 0 Å². The van der Waals surface area contributed by atoms with Crippen LogP contribution in [0.25, 0.3) is 0 Å². The molecule has 3 heterocycles. The van der Waals surface area contributed by atoms with Crippen LogP contribution in [0.15, 0.2) is 29.2 Å². The highest BCUT2D eigenvalue weighted by Crippen LogP contribution is 2.24. The smallest absolute Gasteiger partial charge is 0.118 e. The molecular formula is C17H26N2O3. The molecule has 2 saturated heterocycles. The third-order valence-corrected chi connectivity index (χ3v) is 4.32. The van der Waals surface area contributed by atoms with Gasteiger partial charge in [-0.25, -0.2) is 0 Å². The lowest BCUT2D eigenvalue weighted by atomic mass is 10.0. The molecule has 3 rings (SSSR count). The molecule has 1 aromatic rings. The molecule has 5 heteroatoms. The highest BCUT2D eigenvalue weighted by Gasteiger charge is 2.40. The second kappa shape index (κ2) is 6.96. The van der Waals surface area contributed by atoms with Crippen LogP contribution in [-0.4, -0.2) is 67.9 Å². The van der Waals surface area contributed by atoms with Crippen molar-refractivity contribution in [3.05, 3.63) is 36.3 Å². The number of nitrogens with zero attached hydrogens (tertiary/aromatic N) is 2. The van der Waals surface area contributed by atoms with Crippen LogP contribution in [0.2, 0.25) is 0 Å². The van der Waals surface area contributed by atoms with Crippen LogP contribution in [0.1, 0.15) is 11.5 Å². The average molecular weight is 306 g/mol. The van der Waals surface area contributed by atoms with Gasteiger partial charge < -0.3 is 13.9 Å². The Morgan fingerprint density at radius 2 is 2.05 bits per heavy atom. The van der Waals surface area contributed by atoms with Crippen LogP contribution in [0.5, 0.6) is 0 Å². The molecule has 1 spiro atoms. The SMILES string of the molecule is C=CCN1CCOC[C@]2(C1)CN(Cc1ccc(C)o1)CCO2. The number of hydrogen-bond donors (Lipinski definition) is 0. The minimum absolute atomic E-state index is 0.237. The number of morpholine rings is 1. The second-order valence-corrected chi connectivity index (χ2v) is 6.33. The third kappa shape index (κ3) is 3.79. The Hall–Kier alpha value is -1.14. The van der Waals surface area contributed by atoms with E-state index in [4.69, 9.17) is 13.9 Å². The van der Waals surface area contributed by atoms with Crippen LogP contribution in [0.3, 0.4) is 0 Å². The molecule has 0 unspecified atom stereocenters. The molecular weight excluding hydrogens is 280 g/mol. The summed E-state index contributed by atoms with van der Waals surface area (Å²) in [6, 6.07) is 4.08. The van der Waals surface area contributed by atoms with Crippen LogP contribution in [0, 0.1) is 6.92 Å². The standard InChI is InChI=1S/C17H26N2O3/c1-3-6-18-7-9-20-14-17(12-18)13-19(8-10-21-17)11-16-5-4-15(2)22-16/h3-5H,1,6-14H2,2H3/t17-/m0/s1. The molecule has 22 heavy (non-hydrogen) atoms. The topological polar surface area (TPSA) is 38.1 Å². The normalized spacial score (nSPS) is 27.9. The summed E-state index contributed by atoms with van der Waals surface area (Å²) in [6.45, 7) is 13.3. The van der Waals surface area contributed by atoms with E-state index in [1.54, 1.807) is 0 Å². The quantitative estimate of drug-likeness (QED) is 0.791. The molecule has 0 saturated carbocycles. The first-order valence-corrected chi connectivity index (χ1v) is 8.02. The maximum Gasteiger partial charge on any atom is 0.118 e. The molecule has 2 fully saturated rings. The number of hydrogen-bond acceptors (Lipinski definition) is 5. The number of ether oxygens (including phenoxy) is 2. The van der Waals surface area contributed by atoms with Gasteiger partial charge >= 0.3 is 0 Å². The largest absolute Gasteiger partial charge is 0.465 e. The van der Waals surface area contributed by atoms with Gasteiger partial charge in [0.1, 0.15) is 17.1 Å². The lowest BCUT2D eigenvalue weighted by Gasteiger charge is -2.43. The third-order valence-electron chi connectivity index (χ3n) is 4.32. The van der Waals surface area contributed by atoms with E-state index < -0.39 is 0 Å². The van der Waals surface area contributed by atoms with E-state index in [2.05, 4.69) is 22.4 Å². The minimum atomic E-state index is -0.237. The molecule has 0 amide bonds. The first kappa shape index (κ1) is 15.7. The Labute approximate surface area is 132 Å². The zero-order chi connectivity index (χ0) is 15.4. The highest BCUT2D eigenvalue weighted by molar-refractivity contribution is 5.06. The van der Waals surface area contributed by atoms with E-state index in [9.17, 15) is 0 Å². The lowest BCUT2D eigenvalue weighted by Crippen LogP contribution is -2.58. The summed E-state index contributed by atoms with van der Waals surface area (Å²) in [5.41, 5.74) is -0.237. The Morgan fingerprint density at radius 1 is 1.23 bits per heavy atom. The van der Waals surface area contributed by atoms with Gasteiger partial charge in [-0.05, 0) is 19.1 Å². The number of furan rings is 1. The summed E-state index contributed by atoms with van der Waals surface area (Å²) >= 11 is 0. The van der Waals surface area contributed by atoms with Crippen molar-refractivity contribution in [3.8, 4) is 0 Å². The molecule has 0 aliphatic carbocycles. The van der Waals surface area contributed by atoms with Crippen molar-refractivity contribution in [2.24, 2.45) is 0 Å². The molecule has 122 valence electrons. The summed E-state index contributed by atoms with van der Waals surface area (Å²) in [5, 5.41) is 0.